The van der Waals surface area contributed by atoms with E-state index in [0.717, 1.165) is 0 Å². The van der Waals surface area contributed by atoms with Gasteiger partial charge in [0.25, 0.3) is 0 Å². The minimum atomic E-state index is 1.20. The Morgan fingerprint density at radius 2 is 0.435 bits per heavy atom. The van der Waals surface area contributed by atoms with Crippen LogP contribution >= 0.6 is 0 Å². The molecule has 12 aromatic rings. The topological polar surface area (TPSA) is 0 Å². The average molecular weight is 785 g/mol. The fourth-order valence-corrected chi connectivity index (χ4v) is 10.1. The molecular formula is C62H40. The number of hydrogen-bond acceptors (Lipinski definition) is 0. The zero-order valence-electron chi connectivity index (χ0n) is 34.1. The quantitative estimate of drug-likeness (QED) is 0.147. The predicted octanol–water partition coefficient (Wildman–Crippen LogP) is 17.5. The van der Waals surface area contributed by atoms with E-state index in [1.54, 1.807) is 0 Å². The molecule has 0 saturated heterocycles. The Hall–Kier alpha value is -8.06. The van der Waals surface area contributed by atoms with E-state index in [0.29, 0.717) is 0 Å². The Bertz CT molecular complexity index is 3520. The Morgan fingerprint density at radius 1 is 0.161 bits per heavy atom. The first-order valence-corrected chi connectivity index (χ1v) is 21.5. The Morgan fingerprint density at radius 3 is 0.806 bits per heavy atom. The van der Waals surface area contributed by atoms with E-state index >= 15 is 0 Å². The highest BCUT2D eigenvalue weighted by Crippen LogP contribution is 2.46. The standard InChI is InChI=1S/C62H40/c1-3-17-43(18-4-1)59-50-23-9-13-27-54(50)61(55-28-14-10-24-51(55)59)45-35-31-41(32-36-45)48-39-47-21-7-8-22-49(47)58(40-48)42-33-37-46(38-34-42)62-56-29-15-11-25-52(56)60(44-19-5-2-6-20-44)53-26-12-16-30-57(53)62/h1-40H. The Labute approximate surface area is 361 Å². The van der Waals surface area contributed by atoms with E-state index in [9.17, 15) is 0 Å². The monoisotopic (exact) mass is 784 g/mol. The van der Waals surface area contributed by atoms with Gasteiger partial charge in [0.1, 0.15) is 0 Å². The van der Waals surface area contributed by atoms with Crippen molar-refractivity contribution in [2.24, 2.45) is 0 Å². The zero-order chi connectivity index (χ0) is 41.0. The summed E-state index contributed by atoms with van der Waals surface area (Å²) >= 11 is 0. The fraction of sp³-hybridized carbons (Fsp3) is 0. The first-order valence-electron chi connectivity index (χ1n) is 21.5. The SMILES string of the molecule is c1ccc(-c2c3ccccc3c(-c3ccc(-c4cc(-c5ccc(-c6c7ccccc7c(-c7ccccc7)c7ccccc67)cc5)c5ccccc5c4)cc3)c3ccccc23)cc1. The van der Waals surface area contributed by atoms with Gasteiger partial charge in [-0.15, -0.1) is 0 Å². The molecular weight excluding hydrogens is 745 g/mol. The van der Waals surface area contributed by atoms with Crippen LogP contribution in [-0.2, 0) is 0 Å². The molecule has 0 aliphatic carbocycles. The molecule has 288 valence electrons. The van der Waals surface area contributed by atoms with Crippen molar-refractivity contribution in [3.8, 4) is 66.8 Å². The lowest BCUT2D eigenvalue weighted by atomic mass is 9.85. The van der Waals surface area contributed by atoms with Crippen molar-refractivity contribution >= 4 is 53.9 Å². The molecule has 0 bridgehead atoms. The minimum absolute atomic E-state index is 1.20. The number of hydrogen-bond donors (Lipinski definition) is 0. The minimum Gasteiger partial charge on any atom is -0.0622 e. The van der Waals surface area contributed by atoms with Gasteiger partial charge >= 0.3 is 0 Å². The Balaban J connectivity index is 0.964. The molecule has 0 N–H and O–H groups in total. The lowest BCUT2D eigenvalue weighted by Crippen LogP contribution is -1.91. The van der Waals surface area contributed by atoms with Gasteiger partial charge in [-0.1, -0.05) is 231 Å². The highest BCUT2D eigenvalue weighted by atomic mass is 14.2. The van der Waals surface area contributed by atoms with Crippen LogP contribution in [-0.4, -0.2) is 0 Å². The smallest absolute Gasteiger partial charge is 0.00264 e. The molecule has 12 rings (SSSR count). The van der Waals surface area contributed by atoms with Crippen molar-refractivity contribution in [2.75, 3.05) is 0 Å². The highest BCUT2D eigenvalue weighted by molar-refractivity contribution is 6.23. The summed E-state index contributed by atoms with van der Waals surface area (Å²) in [5.41, 5.74) is 14.9. The Kier molecular flexibility index (Phi) is 8.61. The van der Waals surface area contributed by atoms with Crippen molar-refractivity contribution in [3.63, 3.8) is 0 Å². The van der Waals surface area contributed by atoms with Crippen LogP contribution in [0.5, 0.6) is 0 Å². The first kappa shape index (κ1) is 35.8. The van der Waals surface area contributed by atoms with Crippen LogP contribution in [0.1, 0.15) is 0 Å². The lowest BCUT2D eigenvalue weighted by Gasteiger charge is -2.18. The van der Waals surface area contributed by atoms with Gasteiger partial charge in [-0.05, 0) is 133 Å². The van der Waals surface area contributed by atoms with Crippen LogP contribution in [0.4, 0.5) is 0 Å². The molecule has 0 heterocycles. The van der Waals surface area contributed by atoms with Gasteiger partial charge in [-0.25, -0.2) is 0 Å². The van der Waals surface area contributed by atoms with Crippen LogP contribution in [0.25, 0.3) is 121 Å². The highest BCUT2D eigenvalue weighted by Gasteiger charge is 2.19. The van der Waals surface area contributed by atoms with Crippen molar-refractivity contribution in [3.05, 3.63) is 243 Å². The third kappa shape index (κ3) is 5.92. The molecule has 0 unspecified atom stereocenters. The van der Waals surface area contributed by atoms with Gasteiger partial charge < -0.3 is 0 Å². The van der Waals surface area contributed by atoms with Crippen LogP contribution in [0.15, 0.2) is 243 Å². The summed E-state index contributed by atoms with van der Waals surface area (Å²) in [4.78, 5) is 0. The van der Waals surface area contributed by atoms with Crippen molar-refractivity contribution in [2.45, 2.75) is 0 Å². The van der Waals surface area contributed by atoms with Gasteiger partial charge in [-0.3, -0.25) is 0 Å². The molecule has 0 heteroatoms. The number of benzene rings is 12. The molecule has 0 aliphatic heterocycles. The van der Waals surface area contributed by atoms with Crippen LogP contribution in [0, 0.1) is 0 Å². The first-order chi connectivity index (χ1) is 30.8. The lowest BCUT2D eigenvalue weighted by molar-refractivity contribution is 1.60. The third-order valence-corrected chi connectivity index (χ3v) is 12.8. The zero-order valence-corrected chi connectivity index (χ0v) is 34.1. The van der Waals surface area contributed by atoms with Gasteiger partial charge in [0.05, 0.1) is 0 Å². The normalized spacial score (nSPS) is 11.5. The molecule has 0 saturated carbocycles. The largest absolute Gasteiger partial charge is 0.0622 e. The second kappa shape index (κ2) is 14.9. The summed E-state index contributed by atoms with van der Waals surface area (Å²) < 4.78 is 0. The third-order valence-electron chi connectivity index (χ3n) is 12.8. The predicted molar refractivity (Wildman–Crippen MR) is 267 cm³/mol. The maximum absolute atomic E-state index is 2.38. The van der Waals surface area contributed by atoms with E-state index in [2.05, 4.69) is 243 Å². The molecule has 0 amide bonds. The fourth-order valence-electron chi connectivity index (χ4n) is 10.1. The van der Waals surface area contributed by atoms with Gasteiger partial charge in [0, 0.05) is 0 Å². The molecule has 0 aromatic heterocycles. The summed E-state index contributed by atoms with van der Waals surface area (Å²) in [7, 11) is 0. The molecule has 62 heavy (non-hydrogen) atoms. The molecule has 0 radical (unpaired) electrons. The van der Waals surface area contributed by atoms with Gasteiger partial charge in [0.15, 0.2) is 0 Å². The average Bonchev–Trinajstić information content (AvgIpc) is 3.35. The summed E-state index contributed by atoms with van der Waals surface area (Å²) in [6, 6.07) is 89.2. The van der Waals surface area contributed by atoms with Crippen LogP contribution in [0.3, 0.4) is 0 Å². The van der Waals surface area contributed by atoms with E-state index in [1.165, 1.54) is 121 Å². The van der Waals surface area contributed by atoms with Gasteiger partial charge in [-0.2, -0.15) is 0 Å². The second-order valence-electron chi connectivity index (χ2n) is 16.3. The van der Waals surface area contributed by atoms with Gasteiger partial charge in [0.2, 0.25) is 0 Å². The van der Waals surface area contributed by atoms with Crippen molar-refractivity contribution in [1.82, 2.24) is 0 Å². The van der Waals surface area contributed by atoms with Crippen molar-refractivity contribution < 1.29 is 0 Å². The summed E-state index contributed by atoms with van der Waals surface area (Å²) in [6.07, 6.45) is 0. The van der Waals surface area contributed by atoms with E-state index in [4.69, 9.17) is 0 Å². The maximum Gasteiger partial charge on any atom is -0.00264 e. The van der Waals surface area contributed by atoms with Crippen molar-refractivity contribution in [1.29, 1.82) is 0 Å². The molecule has 0 nitrogen and oxygen atoms in total. The molecule has 0 spiro atoms. The summed E-state index contributed by atoms with van der Waals surface area (Å²) in [6.45, 7) is 0. The number of fused-ring (bicyclic) bond motifs is 5. The molecule has 0 atom stereocenters. The summed E-state index contributed by atoms with van der Waals surface area (Å²) in [5.74, 6) is 0. The maximum atomic E-state index is 2.38. The molecule has 0 aliphatic rings. The van der Waals surface area contributed by atoms with E-state index in [1.807, 2.05) is 0 Å². The van der Waals surface area contributed by atoms with Crippen LogP contribution < -0.4 is 0 Å². The van der Waals surface area contributed by atoms with E-state index in [-0.39, 0.29) is 0 Å². The number of rotatable bonds is 6. The molecule has 12 aromatic carbocycles. The van der Waals surface area contributed by atoms with E-state index < -0.39 is 0 Å². The summed E-state index contributed by atoms with van der Waals surface area (Å²) in [5, 5.41) is 12.6. The second-order valence-corrected chi connectivity index (χ2v) is 16.3. The molecule has 0 fully saturated rings. The van der Waals surface area contributed by atoms with Crippen LogP contribution in [0.2, 0.25) is 0 Å².